The number of rotatable bonds is 5. The zero-order chi connectivity index (χ0) is 21.1. The number of ether oxygens (including phenoxy) is 2. The molecule has 154 valence electrons. The van der Waals surface area contributed by atoms with Crippen LogP contribution in [0.2, 0.25) is 0 Å². The minimum absolute atomic E-state index is 0.0771. The fourth-order valence-corrected chi connectivity index (χ4v) is 4.23. The first-order valence-corrected chi connectivity index (χ1v) is 10.5. The second-order valence-corrected chi connectivity index (χ2v) is 7.94. The van der Waals surface area contributed by atoms with Gasteiger partial charge in [-0.2, -0.15) is 0 Å². The van der Waals surface area contributed by atoms with Crippen molar-refractivity contribution < 1.29 is 14.6 Å². The molecule has 0 aliphatic carbocycles. The number of phenolic OH excluding ortho intramolecular Hbond substituents is 1. The summed E-state index contributed by atoms with van der Waals surface area (Å²) in [6.45, 7) is 0. The van der Waals surface area contributed by atoms with Crippen molar-refractivity contribution in [2.45, 2.75) is 18.6 Å². The van der Waals surface area contributed by atoms with E-state index in [0.29, 0.717) is 6.42 Å². The van der Waals surface area contributed by atoms with E-state index in [-0.39, 0.29) is 18.0 Å². The van der Waals surface area contributed by atoms with Gasteiger partial charge in [0.2, 0.25) is 0 Å². The fraction of sp³-hybridized carbons (Fsp3) is 0.208. The summed E-state index contributed by atoms with van der Waals surface area (Å²) in [7, 11) is 3.30. The first-order valence-electron chi connectivity index (χ1n) is 9.67. The SMILES string of the molecule is COc1ccc(C2=NC(c3ccc(OC)c(Br)c3)NC(c3ccccc3O)C2)cc1. The van der Waals surface area contributed by atoms with Crippen LogP contribution in [0.3, 0.4) is 0 Å². The Labute approximate surface area is 184 Å². The average Bonchev–Trinajstić information content (AvgIpc) is 2.79. The van der Waals surface area contributed by atoms with Crippen LogP contribution in [0.25, 0.3) is 0 Å². The van der Waals surface area contributed by atoms with Gasteiger partial charge in [0.25, 0.3) is 0 Å². The zero-order valence-corrected chi connectivity index (χ0v) is 18.4. The van der Waals surface area contributed by atoms with Gasteiger partial charge >= 0.3 is 0 Å². The third-order valence-electron chi connectivity index (χ3n) is 5.27. The van der Waals surface area contributed by atoms with Crippen LogP contribution < -0.4 is 14.8 Å². The summed E-state index contributed by atoms with van der Waals surface area (Å²) in [5, 5.41) is 14.0. The Balaban J connectivity index is 1.74. The van der Waals surface area contributed by atoms with Gasteiger partial charge in [-0.15, -0.1) is 0 Å². The number of nitrogens with one attached hydrogen (secondary N) is 1. The summed E-state index contributed by atoms with van der Waals surface area (Å²) >= 11 is 3.57. The maximum Gasteiger partial charge on any atom is 0.133 e. The molecule has 0 spiro atoms. The molecular weight excluding hydrogens is 444 g/mol. The second kappa shape index (κ2) is 8.90. The Kier molecular flexibility index (Phi) is 6.06. The lowest BCUT2D eigenvalue weighted by Gasteiger charge is -2.31. The van der Waals surface area contributed by atoms with Crippen molar-refractivity contribution in [3.8, 4) is 17.2 Å². The monoisotopic (exact) mass is 466 g/mol. The first-order chi connectivity index (χ1) is 14.6. The molecule has 5 nitrogen and oxygen atoms in total. The normalized spacial score (nSPS) is 18.6. The number of aliphatic imine (C=N–C) groups is 1. The maximum atomic E-state index is 10.4. The second-order valence-electron chi connectivity index (χ2n) is 7.08. The van der Waals surface area contributed by atoms with Crippen molar-refractivity contribution in [3.63, 3.8) is 0 Å². The largest absolute Gasteiger partial charge is 0.508 e. The molecule has 6 heteroatoms. The van der Waals surface area contributed by atoms with Crippen molar-refractivity contribution in [1.29, 1.82) is 0 Å². The van der Waals surface area contributed by atoms with E-state index >= 15 is 0 Å². The highest BCUT2D eigenvalue weighted by atomic mass is 79.9. The topological polar surface area (TPSA) is 63.1 Å². The highest BCUT2D eigenvalue weighted by molar-refractivity contribution is 9.10. The fourth-order valence-electron chi connectivity index (χ4n) is 3.67. The van der Waals surface area contributed by atoms with Gasteiger partial charge in [0.15, 0.2) is 0 Å². The summed E-state index contributed by atoms with van der Waals surface area (Å²) in [6.07, 6.45) is 0.403. The summed E-state index contributed by atoms with van der Waals surface area (Å²) < 4.78 is 11.5. The van der Waals surface area contributed by atoms with Gasteiger partial charge in [0.05, 0.1) is 18.7 Å². The van der Waals surface area contributed by atoms with E-state index in [2.05, 4.69) is 21.2 Å². The lowest BCUT2D eigenvalue weighted by atomic mass is 9.93. The molecule has 4 rings (SSSR count). The molecule has 1 aliphatic heterocycles. The van der Waals surface area contributed by atoms with E-state index in [1.54, 1.807) is 20.3 Å². The van der Waals surface area contributed by atoms with Crippen LogP contribution in [0.5, 0.6) is 17.2 Å². The van der Waals surface area contributed by atoms with Crippen molar-refractivity contribution in [2.75, 3.05) is 14.2 Å². The standard InChI is InChI=1S/C24H23BrN2O3/c1-29-17-10-7-15(8-11-17)20-14-21(18-5-3-4-6-22(18)28)27-24(26-20)16-9-12-23(30-2)19(25)13-16/h3-13,21,24,27-28H,14H2,1-2H3. The van der Waals surface area contributed by atoms with E-state index in [9.17, 15) is 5.11 Å². The lowest BCUT2D eigenvalue weighted by molar-refractivity contribution is 0.406. The molecule has 3 aromatic rings. The maximum absolute atomic E-state index is 10.4. The molecule has 3 aromatic carbocycles. The van der Waals surface area contributed by atoms with Gasteiger partial charge in [-0.05, 0) is 69.5 Å². The summed E-state index contributed by atoms with van der Waals surface area (Å²) in [5.41, 5.74) is 3.88. The van der Waals surface area contributed by atoms with Crippen molar-refractivity contribution in [1.82, 2.24) is 5.32 Å². The number of phenols is 1. The third kappa shape index (κ3) is 4.20. The van der Waals surface area contributed by atoms with Crippen LogP contribution >= 0.6 is 15.9 Å². The van der Waals surface area contributed by atoms with Crippen LogP contribution in [0.15, 0.2) is 76.2 Å². The molecule has 2 atom stereocenters. The number of hydrogen-bond donors (Lipinski definition) is 2. The molecule has 1 aliphatic rings. The first kappa shape index (κ1) is 20.4. The predicted molar refractivity (Wildman–Crippen MR) is 122 cm³/mol. The van der Waals surface area contributed by atoms with Crippen LogP contribution in [-0.2, 0) is 0 Å². The highest BCUT2D eigenvalue weighted by Gasteiger charge is 2.28. The number of hydrogen-bond acceptors (Lipinski definition) is 5. The number of halogens is 1. The van der Waals surface area contributed by atoms with Crippen LogP contribution in [-0.4, -0.2) is 25.0 Å². The van der Waals surface area contributed by atoms with Gasteiger partial charge < -0.3 is 14.6 Å². The number of methoxy groups -OCH3 is 2. The molecule has 0 amide bonds. The lowest BCUT2D eigenvalue weighted by Crippen LogP contribution is -2.33. The minimum atomic E-state index is -0.261. The summed E-state index contributed by atoms with van der Waals surface area (Å²) in [4.78, 5) is 5.00. The minimum Gasteiger partial charge on any atom is -0.508 e. The van der Waals surface area contributed by atoms with E-state index in [4.69, 9.17) is 14.5 Å². The van der Waals surface area contributed by atoms with E-state index in [1.165, 1.54) is 0 Å². The molecule has 0 radical (unpaired) electrons. The molecule has 2 N–H and O–H groups in total. The molecule has 0 aromatic heterocycles. The number of aromatic hydroxyl groups is 1. The Morgan fingerprint density at radius 3 is 2.43 bits per heavy atom. The van der Waals surface area contributed by atoms with E-state index in [0.717, 1.165) is 38.4 Å². The Morgan fingerprint density at radius 2 is 1.77 bits per heavy atom. The summed E-state index contributed by atoms with van der Waals surface area (Å²) in [6, 6.07) is 21.2. The number of benzene rings is 3. The van der Waals surface area contributed by atoms with Crippen molar-refractivity contribution in [3.05, 3.63) is 87.9 Å². The molecular formula is C24H23BrN2O3. The van der Waals surface area contributed by atoms with Gasteiger partial charge in [-0.3, -0.25) is 10.3 Å². The quantitative estimate of drug-likeness (QED) is 0.528. The molecule has 1 heterocycles. The Hall–Kier alpha value is -2.83. The van der Waals surface area contributed by atoms with Crippen LogP contribution in [0.4, 0.5) is 0 Å². The Morgan fingerprint density at radius 1 is 1.00 bits per heavy atom. The molecule has 0 fully saturated rings. The summed E-state index contributed by atoms with van der Waals surface area (Å²) in [5.74, 6) is 1.85. The predicted octanol–water partition coefficient (Wildman–Crippen LogP) is 5.39. The highest BCUT2D eigenvalue weighted by Crippen LogP contribution is 2.36. The number of para-hydroxylation sites is 1. The van der Waals surface area contributed by atoms with Gasteiger partial charge in [0.1, 0.15) is 23.4 Å². The van der Waals surface area contributed by atoms with E-state index < -0.39 is 0 Å². The van der Waals surface area contributed by atoms with Crippen molar-refractivity contribution >= 4 is 21.6 Å². The van der Waals surface area contributed by atoms with Gasteiger partial charge in [0, 0.05) is 23.7 Å². The van der Waals surface area contributed by atoms with Gasteiger partial charge in [-0.1, -0.05) is 24.3 Å². The van der Waals surface area contributed by atoms with Crippen molar-refractivity contribution in [2.24, 2.45) is 4.99 Å². The zero-order valence-electron chi connectivity index (χ0n) is 16.8. The van der Waals surface area contributed by atoms with E-state index in [1.807, 2.05) is 60.7 Å². The van der Waals surface area contributed by atoms with Gasteiger partial charge in [-0.25, -0.2) is 0 Å². The third-order valence-corrected chi connectivity index (χ3v) is 5.89. The molecule has 0 saturated carbocycles. The smallest absolute Gasteiger partial charge is 0.133 e. The average molecular weight is 467 g/mol. The molecule has 30 heavy (non-hydrogen) atoms. The number of nitrogens with zero attached hydrogens (tertiary/aromatic N) is 1. The Bertz CT molecular complexity index is 1070. The van der Waals surface area contributed by atoms with Crippen LogP contribution in [0, 0.1) is 0 Å². The molecule has 0 bridgehead atoms. The van der Waals surface area contributed by atoms with Crippen LogP contribution in [0.1, 0.15) is 35.3 Å². The molecule has 2 unspecified atom stereocenters. The molecule has 0 saturated heterocycles.